The van der Waals surface area contributed by atoms with Gasteiger partial charge in [-0.15, -0.1) is 0 Å². The number of likely N-dealkylation sites (tertiary alicyclic amines) is 1. The fourth-order valence-electron chi connectivity index (χ4n) is 6.12. The molecule has 0 bridgehead atoms. The number of carbonyl (C=O) groups excluding carboxylic acids is 1. The number of benzene rings is 1. The van der Waals surface area contributed by atoms with Crippen molar-refractivity contribution in [3.05, 3.63) is 47.4 Å². The summed E-state index contributed by atoms with van der Waals surface area (Å²) in [6.07, 6.45) is 4.60. The predicted octanol–water partition coefficient (Wildman–Crippen LogP) is 3.82. The molecule has 1 amide bonds. The van der Waals surface area contributed by atoms with Crippen LogP contribution in [-0.2, 0) is 11.3 Å². The Morgan fingerprint density at radius 1 is 1.23 bits per heavy atom. The maximum atomic E-state index is 14.2. The summed E-state index contributed by atoms with van der Waals surface area (Å²) in [5.74, 6) is 0.467. The van der Waals surface area contributed by atoms with Crippen molar-refractivity contribution in [3.8, 4) is 11.1 Å². The van der Waals surface area contributed by atoms with Gasteiger partial charge < -0.3 is 19.6 Å². The number of aliphatic hydroxyl groups is 1. The minimum absolute atomic E-state index is 0.00829. The number of nitrogens with zero attached hydrogens (tertiary/aromatic N) is 4. The Labute approximate surface area is 206 Å². The highest BCUT2D eigenvalue weighted by atomic mass is 19.1. The largest absolute Gasteiger partial charge is 0.450 e. The van der Waals surface area contributed by atoms with Crippen molar-refractivity contribution < 1.29 is 19.0 Å². The van der Waals surface area contributed by atoms with E-state index < -0.39 is 0 Å². The van der Waals surface area contributed by atoms with Crippen LogP contribution in [0.2, 0.25) is 0 Å². The lowest BCUT2D eigenvalue weighted by Gasteiger charge is -2.48. The van der Waals surface area contributed by atoms with Gasteiger partial charge in [0.1, 0.15) is 11.6 Å². The fraction of sp³-hybridized carbons (Fsp3) is 0.556. The third-order valence-electron chi connectivity index (χ3n) is 8.04. The van der Waals surface area contributed by atoms with Crippen molar-refractivity contribution >= 4 is 11.9 Å². The van der Waals surface area contributed by atoms with Crippen molar-refractivity contribution in [2.45, 2.75) is 45.8 Å². The number of anilines is 1. The summed E-state index contributed by atoms with van der Waals surface area (Å²) in [6, 6.07) is 7.95. The average molecular weight is 483 g/mol. The van der Waals surface area contributed by atoms with Gasteiger partial charge in [0.2, 0.25) is 0 Å². The van der Waals surface area contributed by atoms with Crippen LogP contribution < -0.4 is 4.90 Å². The zero-order chi connectivity index (χ0) is 24.6. The SMILES string of the molecule is CCOC(=O)N1CC2(CC[C@@H](N3CCN(c4ncc(F)cc4-c4ccc(CO)c(C)c4)CC3)C2)C1. The zero-order valence-corrected chi connectivity index (χ0v) is 20.7. The Bertz CT molecular complexity index is 1080. The van der Waals surface area contributed by atoms with E-state index in [9.17, 15) is 14.3 Å². The van der Waals surface area contributed by atoms with Crippen molar-refractivity contribution in [1.29, 1.82) is 0 Å². The molecule has 3 heterocycles. The van der Waals surface area contributed by atoms with Gasteiger partial charge in [0.25, 0.3) is 0 Å². The third kappa shape index (κ3) is 4.74. The summed E-state index contributed by atoms with van der Waals surface area (Å²) in [5.41, 5.74) is 3.83. The molecule has 1 spiro atoms. The van der Waals surface area contributed by atoms with Gasteiger partial charge in [-0.1, -0.05) is 18.2 Å². The van der Waals surface area contributed by atoms with Crippen LogP contribution in [0.3, 0.4) is 0 Å². The van der Waals surface area contributed by atoms with Crippen LogP contribution in [-0.4, -0.2) is 77.9 Å². The number of hydrogen-bond acceptors (Lipinski definition) is 6. The summed E-state index contributed by atoms with van der Waals surface area (Å²) in [4.78, 5) is 23.1. The molecule has 0 unspecified atom stereocenters. The van der Waals surface area contributed by atoms with E-state index in [-0.39, 0.29) is 23.9 Å². The summed E-state index contributed by atoms with van der Waals surface area (Å²) < 4.78 is 19.3. The van der Waals surface area contributed by atoms with Gasteiger partial charge in [0.05, 0.1) is 19.4 Å². The summed E-state index contributed by atoms with van der Waals surface area (Å²) >= 11 is 0. The van der Waals surface area contributed by atoms with Crippen LogP contribution in [0.15, 0.2) is 30.5 Å². The monoisotopic (exact) mass is 482 g/mol. The van der Waals surface area contributed by atoms with Crippen LogP contribution in [0, 0.1) is 18.2 Å². The van der Waals surface area contributed by atoms with Crippen LogP contribution >= 0.6 is 0 Å². The first-order valence-electron chi connectivity index (χ1n) is 12.7. The number of rotatable bonds is 5. The van der Waals surface area contributed by atoms with E-state index in [0.29, 0.717) is 12.6 Å². The Morgan fingerprint density at radius 3 is 2.69 bits per heavy atom. The molecule has 0 radical (unpaired) electrons. The van der Waals surface area contributed by atoms with Gasteiger partial charge in [-0.25, -0.2) is 14.2 Å². The molecule has 2 aliphatic heterocycles. The molecule has 1 N–H and O–H groups in total. The van der Waals surface area contributed by atoms with Crippen molar-refractivity contribution in [1.82, 2.24) is 14.8 Å². The highest BCUT2D eigenvalue weighted by molar-refractivity contribution is 5.76. The minimum atomic E-state index is -0.347. The molecular weight excluding hydrogens is 447 g/mol. The number of pyridine rings is 1. The van der Waals surface area contributed by atoms with Gasteiger partial charge in [0, 0.05) is 56.3 Å². The maximum Gasteiger partial charge on any atom is 0.409 e. The lowest BCUT2D eigenvalue weighted by molar-refractivity contribution is -0.00294. The number of amides is 1. The predicted molar refractivity (Wildman–Crippen MR) is 133 cm³/mol. The fourth-order valence-corrected chi connectivity index (χ4v) is 6.12. The molecule has 2 saturated heterocycles. The van der Waals surface area contributed by atoms with E-state index in [4.69, 9.17) is 4.74 Å². The second-order valence-electron chi connectivity index (χ2n) is 10.3. The van der Waals surface area contributed by atoms with Gasteiger partial charge in [0.15, 0.2) is 0 Å². The number of aliphatic hydroxyl groups excluding tert-OH is 1. The highest BCUT2D eigenvalue weighted by Crippen LogP contribution is 2.47. The molecule has 8 heteroatoms. The number of carbonyl (C=O) groups is 1. The van der Waals surface area contributed by atoms with E-state index >= 15 is 0 Å². The molecule has 3 aliphatic rings. The first-order valence-corrected chi connectivity index (χ1v) is 12.7. The molecule has 3 fully saturated rings. The molecule has 2 aromatic rings. The van der Waals surface area contributed by atoms with Crippen molar-refractivity contribution in [2.75, 3.05) is 50.8 Å². The smallest absolute Gasteiger partial charge is 0.409 e. The summed E-state index contributed by atoms with van der Waals surface area (Å²) in [5, 5.41) is 9.50. The van der Waals surface area contributed by atoms with Crippen molar-refractivity contribution in [2.24, 2.45) is 5.41 Å². The first kappa shape index (κ1) is 24.0. The zero-order valence-electron chi connectivity index (χ0n) is 20.7. The number of aryl methyl sites for hydroxylation is 1. The Morgan fingerprint density at radius 2 is 2.00 bits per heavy atom. The van der Waals surface area contributed by atoms with Gasteiger partial charge in [-0.2, -0.15) is 0 Å². The minimum Gasteiger partial charge on any atom is -0.450 e. The maximum absolute atomic E-state index is 14.2. The topological polar surface area (TPSA) is 69.1 Å². The van der Waals surface area contributed by atoms with E-state index in [1.54, 1.807) is 6.07 Å². The van der Waals surface area contributed by atoms with E-state index in [1.807, 2.05) is 36.9 Å². The lowest BCUT2D eigenvalue weighted by atomic mass is 9.78. The molecule has 1 aromatic carbocycles. The van der Waals surface area contributed by atoms with Crippen LogP contribution in [0.25, 0.3) is 11.1 Å². The number of ether oxygens (including phenoxy) is 1. The molecular formula is C27H35FN4O3. The molecule has 1 aromatic heterocycles. The molecule has 7 nitrogen and oxygen atoms in total. The first-order chi connectivity index (χ1) is 16.9. The number of aromatic nitrogens is 1. The van der Waals surface area contributed by atoms with Gasteiger partial charge in [-0.05, 0) is 55.9 Å². The van der Waals surface area contributed by atoms with E-state index in [2.05, 4.69) is 14.8 Å². The van der Waals surface area contributed by atoms with Crippen LogP contribution in [0.1, 0.15) is 37.3 Å². The highest BCUT2D eigenvalue weighted by Gasteiger charge is 2.51. The average Bonchev–Trinajstić information content (AvgIpc) is 3.29. The van der Waals surface area contributed by atoms with Gasteiger partial charge in [-0.3, -0.25) is 4.90 Å². The second-order valence-corrected chi connectivity index (χ2v) is 10.3. The Kier molecular flexibility index (Phi) is 6.68. The third-order valence-corrected chi connectivity index (χ3v) is 8.04. The van der Waals surface area contributed by atoms with E-state index in [1.165, 1.54) is 19.0 Å². The molecule has 188 valence electrons. The summed E-state index contributed by atoms with van der Waals surface area (Å²) in [7, 11) is 0. The van der Waals surface area contributed by atoms with Gasteiger partial charge >= 0.3 is 6.09 Å². The molecule has 1 atom stereocenters. The van der Waals surface area contributed by atoms with Crippen LogP contribution in [0.4, 0.5) is 15.0 Å². The molecule has 5 rings (SSSR count). The number of hydrogen-bond donors (Lipinski definition) is 1. The Hall–Kier alpha value is -2.71. The quantitative estimate of drug-likeness (QED) is 0.699. The number of halogens is 1. The summed E-state index contributed by atoms with van der Waals surface area (Å²) in [6.45, 7) is 9.44. The molecule has 35 heavy (non-hydrogen) atoms. The number of piperazine rings is 1. The Balaban J connectivity index is 1.22. The standard InChI is InChI=1S/C27H35FN4O3/c1-3-35-26(34)32-17-27(18-32)7-6-23(14-27)30-8-10-31(11-9-30)25-24(13-22(28)15-29-25)20-4-5-21(16-33)19(2)12-20/h4-5,12-13,15,23,33H,3,6-11,14,16-18H2,1-2H3/t23-/m1/s1. The molecule has 1 saturated carbocycles. The van der Waals surface area contributed by atoms with Crippen LogP contribution in [0.5, 0.6) is 0 Å². The van der Waals surface area contributed by atoms with E-state index in [0.717, 1.165) is 73.8 Å². The van der Waals surface area contributed by atoms with Crippen molar-refractivity contribution in [3.63, 3.8) is 0 Å². The second kappa shape index (κ2) is 9.74. The lowest BCUT2D eigenvalue weighted by Crippen LogP contribution is -2.58. The molecule has 1 aliphatic carbocycles. The normalized spacial score (nSPS) is 21.9.